The Morgan fingerprint density at radius 3 is 2.71 bits per heavy atom. The van der Waals surface area contributed by atoms with Crippen LogP contribution in [-0.4, -0.2) is 17.0 Å². The normalized spacial score (nSPS) is 10.5. The second-order valence-corrected chi connectivity index (χ2v) is 4.35. The molecule has 0 aliphatic rings. The maximum absolute atomic E-state index is 11.0. The molecule has 2 N–H and O–H groups in total. The Bertz CT molecular complexity index is 617. The Morgan fingerprint density at radius 1 is 1.41 bits per heavy atom. The van der Waals surface area contributed by atoms with Crippen LogP contribution in [0.25, 0.3) is 11.0 Å². The summed E-state index contributed by atoms with van der Waals surface area (Å²) in [6.07, 6.45) is 0. The van der Waals surface area contributed by atoms with Crippen LogP contribution in [0.4, 0.5) is 5.69 Å². The smallest absolute Gasteiger partial charge is 0.374 e. The van der Waals surface area contributed by atoms with Crippen LogP contribution in [-0.2, 0) is 4.79 Å². The van der Waals surface area contributed by atoms with Crippen molar-refractivity contribution in [1.29, 1.82) is 0 Å². The highest BCUT2D eigenvalue weighted by Gasteiger charge is 2.20. The molecule has 0 bridgehead atoms. The number of carboxylic acid groups (broad SMARTS) is 1. The largest absolute Gasteiger partial charge is 0.475 e. The third-order valence-corrected chi connectivity index (χ3v) is 2.64. The number of carboxylic acids is 1. The molecule has 0 saturated heterocycles. The first-order chi connectivity index (χ1) is 7.99. The van der Waals surface area contributed by atoms with Gasteiger partial charge in [-0.2, -0.15) is 0 Å². The summed E-state index contributed by atoms with van der Waals surface area (Å²) >= 11 is 3.26. The molecular formula is C11H8BrNO4. The van der Waals surface area contributed by atoms with Crippen LogP contribution in [0.1, 0.15) is 17.5 Å². The molecule has 0 fully saturated rings. The lowest BCUT2D eigenvalue weighted by Gasteiger charge is -1.99. The van der Waals surface area contributed by atoms with Crippen molar-refractivity contribution in [3.8, 4) is 0 Å². The van der Waals surface area contributed by atoms with E-state index in [-0.39, 0.29) is 17.4 Å². The minimum Gasteiger partial charge on any atom is -0.475 e. The van der Waals surface area contributed by atoms with Crippen molar-refractivity contribution in [2.45, 2.75) is 6.92 Å². The number of nitrogens with one attached hydrogen (secondary N) is 1. The molecule has 5 nitrogen and oxygen atoms in total. The van der Waals surface area contributed by atoms with Crippen molar-refractivity contribution in [2.24, 2.45) is 0 Å². The van der Waals surface area contributed by atoms with Crippen molar-refractivity contribution in [2.75, 3.05) is 5.32 Å². The summed E-state index contributed by atoms with van der Waals surface area (Å²) in [7, 11) is 0. The van der Waals surface area contributed by atoms with E-state index in [0.717, 1.165) is 4.47 Å². The van der Waals surface area contributed by atoms with Crippen LogP contribution < -0.4 is 5.32 Å². The second-order valence-electron chi connectivity index (χ2n) is 3.43. The molecule has 0 unspecified atom stereocenters. The number of fused-ring (bicyclic) bond motifs is 1. The minimum absolute atomic E-state index is 0.188. The summed E-state index contributed by atoms with van der Waals surface area (Å²) in [6.45, 7) is 1.31. The highest BCUT2D eigenvalue weighted by Crippen LogP contribution is 2.32. The molecule has 17 heavy (non-hydrogen) atoms. The molecule has 6 heteroatoms. The van der Waals surface area contributed by atoms with Gasteiger partial charge in [-0.05, 0) is 18.2 Å². The number of anilines is 1. The molecule has 2 aromatic rings. The van der Waals surface area contributed by atoms with Gasteiger partial charge in [0, 0.05) is 16.8 Å². The molecule has 0 aliphatic carbocycles. The lowest BCUT2D eigenvalue weighted by molar-refractivity contribution is -0.114. The zero-order valence-electron chi connectivity index (χ0n) is 8.78. The lowest BCUT2D eigenvalue weighted by Crippen LogP contribution is -2.09. The average Bonchev–Trinajstić information content (AvgIpc) is 2.55. The summed E-state index contributed by atoms with van der Waals surface area (Å²) in [4.78, 5) is 22.0. The van der Waals surface area contributed by atoms with Gasteiger partial charge in [-0.15, -0.1) is 0 Å². The van der Waals surface area contributed by atoms with Gasteiger partial charge in [0.2, 0.25) is 11.7 Å². The van der Waals surface area contributed by atoms with Crippen LogP contribution in [0.3, 0.4) is 0 Å². The number of benzene rings is 1. The first-order valence-electron chi connectivity index (χ1n) is 4.72. The molecule has 2 rings (SSSR count). The van der Waals surface area contributed by atoms with E-state index < -0.39 is 5.97 Å². The van der Waals surface area contributed by atoms with Gasteiger partial charge < -0.3 is 14.8 Å². The van der Waals surface area contributed by atoms with E-state index in [1.54, 1.807) is 18.2 Å². The van der Waals surface area contributed by atoms with Gasteiger partial charge in [-0.25, -0.2) is 4.79 Å². The first kappa shape index (κ1) is 11.7. The number of rotatable bonds is 2. The van der Waals surface area contributed by atoms with E-state index in [2.05, 4.69) is 21.2 Å². The van der Waals surface area contributed by atoms with Gasteiger partial charge in [0.1, 0.15) is 11.3 Å². The zero-order valence-corrected chi connectivity index (χ0v) is 10.4. The number of aromatic carboxylic acids is 1. The standard InChI is InChI=1S/C11H8BrNO4/c1-5(14)13-9-7-3-2-6(12)4-8(7)17-10(9)11(15)16/h2-4H,1H3,(H,13,14)(H,15,16). The number of halogens is 1. The van der Waals surface area contributed by atoms with Gasteiger partial charge >= 0.3 is 5.97 Å². The van der Waals surface area contributed by atoms with Crippen molar-refractivity contribution in [3.05, 3.63) is 28.4 Å². The zero-order chi connectivity index (χ0) is 12.6. The SMILES string of the molecule is CC(=O)Nc1c(C(=O)O)oc2cc(Br)ccc12. The fraction of sp³-hybridized carbons (Fsp3) is 0.0909. The number of hydrogen-bond donors (Lipinski definition) is 2. The molecule has 1 aromatic heterocycles. The highest BCUT2D eigenvalue weighted by molar-refractivity contribution is 9.10. The predicted molar refractivity (Wildman–Crippen MR) is 65.2 cm³/mol. The van der Waals surface area contributed by atoms with Crippen molar-refractivity contribution < 1.29 is 19.1 Å². The fourth-order valence-electron chi connectivity index (χ4n) is 1.52. The van der Waals surface area contributed by atoms with Crippen LogP contribution in [0.15, 0.2) is 27.1 Å². The van der Waals surface area contributed by atoms with Crippen LogP contribution in [0, 0.1) is 0 Å². The third-order valence-electron chi connectivity index (χ3n) is 2.15. The monoisotopic (exact) mass is 297 g/mol. The van der Waals surface area contributed by atoms with E-state index in [9.17, 15) is 9.59 Å². The van der Waals surface area contributed by atoms with E-state index in [0.29, 0.717) is 11.0 Å². The predicted octanol–water partition coefficient (Wildman–Crippen LogP) is 2.85. The van der Waals surface area contributed by atoms with Gasteiger partial charge in [-0.3, -0.25) is 4.79 Å². The van der Waals surface area contributed by atoms with Gasteiger partial charge in [0.25, 0.3) is 0 Å². The first-order valence-corrected chi connectivity index (χ1v) is 5.51. The molecule has 0 atom stereocenters. The van der Waals surface area contributed by atoms with E-state index >= 15 is 0 Å². The van der Waals surface area contributed by atoms with Crippen molar-refractivity contribution in [1.82, 2.24) is 0 Å². The molecule has 1 heterocycles. The van der Waals surface area contributed by atoms with Crippen molar-refractivity contribution in [3.63, 3.8) is 0 Å². The van der Waals surface area contributed by atoms with Crippen LogP contribution >= 0.6 is 15.9 Å². The van der Waals surface area contributed by atoms with Gasteiger partial charge in [-0.1, -0.05) is 15.9 Å². The van der Waals surface area contributed by atoms with E-state index in [1.165, 1.54) is 6.92 Å². The Balaban J connectivity index is 2.71. The number of hydrogen-bond acceptors (Lipinski definition) is 3. The molecule has 0 spiro atoms. The van der Waals surface area contributed by atoms with Crippen molar-refractivity contribution >= 4 is 44.5 Å². The number of carbonyl (C=O) groups excluding carboxylic acids is 1. The summed E-state index contributed by atoms with van der Waals surface area (Å²) in [5.41, 5.74) is 0.591. The molecule has 1 aromatic carbocycles. The highest BCUT2D eigenvalue weighted by atomic mass is 79.9. The summed E-state index contributed by atoms with van der Waals surface area (Å²) in [6, 6.07) is 5.07. The van der Waals surface area contributed by atoms with Gasteiger partial charge in [0.05, 0.1) is 0 Å². The third kappa shape index (κ3) is 2.16. The second kappa shape index (κ2) is 4.21. The molecule has 0 radical (unpaired) electrons. The number of furan rings is 1. The Hall–Kier alpha value is -1.82. The molecule has 0 saturated carbocycles. The molecule has 88 valence electrons. The molecule has 0 aliphatic heterocycles. The summed E-state index contributed by atoms with van der Waals surface area (Å²) in [5.74, 6) is -1.84. The lowest BCUT2D eigenvalue weighted by atomic mass is 10.2. The topological polar surface area (TPSA) is 79.5 Å². The average molecular weight is 298 g/mol. The quantitative estimate of drug-likeness (QED) is 0.893. The Kier molecular flexibility index (Phi) is 2.89. The van der Waals surface area contributed by atoms with Gasteiger partial charge in [0.15, 0.2) is 0 Å². The van der Waals surface area contributed by atoms with Crippen LogP contribution in [0.5, 0.6) is 0 Å². The molecular weight excluding hydrogens is 290 g/mol. The number of amides is 1. The maximum atomic E-state index is 11.0. The summed E-state index contributed by atoms with van der Waals surface area (Å²) in [5, 5.41) is 12.0. The van der Waals surface area contributed by atoms with E-state index in [1.807, 2.05) is 0 Å². The maximum Gasteiger partial charge on any atom is 0.374 e. The fourth-order valence-corrected chi connectivity index (χ4v) is 1.86. The van der Waals surface area contributed by atoms with Crippen LogP contribution in [0.2, 0.25) is 0 Å². The minimum atomic E-state index is -1.22. The Labute approximate surface area is 105 Å². The number of carbonyl (C=O) groups is 2. The van der Waals surface area contributed by atoms with E-state index in [4.69, 9.17) is 9.52 Å². The summed E-state index contributed by atoms with van der Waals surface area (Å²) < 4.78 is 5.97. The Morgan fingerprint density at radius 2 is 2.12 bits per heavy atom. The molecule has 1 amide bonds.